The van der Waals surface area contributed by atoms with Crippen molar-refractivity contribution in [3.8, 4) is 0 Å². The minimum atomic E-state index is -1.28. The van der Waals surface area contributed by atoms with Crippen LogP contribution in [-0.2, 0) is 16.0 Å². The maximum atomic E-state index is 11.0. The maximum Gasteiger partial charge on any atom is 1.00 e. The molecule has 0 spiro atoms. The zero-order valence-corrected chi connectivity index (χ0v) is 14.9. The molecule has 1 aromatic heterocycles. The molecule has 0 saturated carbocycles. The van der Waals surface area contributed by atoms with Crippen LogP contribution in [0.5, 0.6) is 0 Å². The number of carboxylic acids is 1. The van der Waals surface area contributed by atoms with Gasteiger partial charge in [0.25, 0.3) is 0 Å². The summed E-state index contributed by atoms with van der Waals surface area (Å²) in [7, 11) is 0. The van der Waals surface area contributed by atoms with Crippen molar-refractivity contribution in [2.24, 2.45) is 0 Å². The number of aromatic amines is 1. The first-order valence-electron chi connectivity index (χ1n) is 5.61. The van der Waals surface area contributed by atoms with E-state index in [1.807, 2.05) is 24.3 Å². The number of hydrogen-bond donors (Lipinski definition) is 2. The zero-order valence-electron chi connectivity index (χ0n) is 12.9. The molecule has 0 saturated heterocycles. The van der Waals surface area contributed by atoms with Gasteiger partial charge in [-0.05, 0) is 11.6 Å². The van der Waals surface area contributed by atoms with E-state index in [1.165, 1.54) is 6.92 Å². The van der Waals surface area contributed by atoms with Crippen LogP contribution < -0.4 is 40.0 Å². The van der Waals surface area contributed by atoms with Crippen molar-refractivity contribution in [2.75, 3.05) is 0 Å². The number of amides is 1. The molecule has 1 unspecified atom stereocenters. The van der Waals surface area contributed by atoms with Gasteiger partial charge in [0.15, 0.2) is 0 Å². The van der Waals surface area contributed by atoms with E-state index >= 15 is 0 Å². The fourth-order valence-electron chi connectivity index (χ4n) is 1.96. The third kappa shape index (κ3) is 7.57. The van der Waals surface area contributed by atoms with Crippen LogP contribution in [0.4, 0.5) is 0 Å². The van der Waals surface area contributed by atoms with E-state index in [0.717, 1.165) is 16.5 Å². The first kappa shape index (κ1) is 29.5. The third-order valence-electron chi connectivity index (χ3n) is 2.76. The molecule has 0 aliphatic heterocycles. The molecule has 1 amide bonds. The number of aliphatic carboxylic acids is 1. The van der Waals surface area contributed by atoms with Gasteiger partial charge in [-0.2, -0.15) is 0 Å². The fourth-order valence-corrected chi connectivity index (χ4v) is 1.96. The molecule has 1 aromatic carbocycles. The third-order valence-corrected chi connectivity index (χ3v) is 2.76. The average Bonchev–Trinajstić information content (AvgIpc) is 2.71. The van der Waals surface area contributed by atoms with Crippen LogP contribution in [0.1, 0.15) is 12.5 Å². The standard InChI is InChI=1S/C13H14N2O3.Na.4H2O/c1-8(16)15-12(13(17)18)6-9-7-14-11-5-3-2-4-10(9)11;;;;;/h2-5,7,12,14H,6H2,1H3,(H,15,16)(H,17,18);;4*1H2/q;+1;;;;/p-1. The van der Waals surface area contributed by atoms with Crippen LogP contribution in [0.3, 0.4) is 0 Å². The van der Waals surface area contributed by atoms with Gasteiger partial charge in [-0.3, -0.25) is 4.79 Å². The molecule has 2 rings (SSSR count). The van der Waals surface area contributed by atoms with Gasteiger partial charge in [0.05, 0.1) is 12.0 Å². The SMILES string of the molecule is CC(=O)NC(Cc1c[nH]c2ccccc12)C(=O)[O-].O.O.O.O.[Na+]. The topological polar surface area (TPSA) is 211 Å². The summed E-state index contributed by atoms with van der Waals surface area (Å²) in [6.07, 6.45) is 1.95. The van der Waals surface area contributed by atoms with Gasteiger partial charge in [-0.1, -0.05) is 18.2 Å². The van der Waals surface area contributed by atoms with Gasteiger partial charge in [-0.15, -0.1) is 0 Å². The van der Waals surface area contributed by atoms with E-state index in [2.05, 4.69) is 10.3 Å². The van der Waals surface area contributed by atoms with E-state index < -0.39 is 12.0 Å². The van der Waals surface area contributed by atoms with Crippen LogP contribution in [0.25, 0.3) is 10.9 Å². The van der Waals surface area contributed by atoms with Crippen LogP contribution >= 0.6 is 0 Å². The number of aromatic nitrogens is 1. The summed E-state index contributed by atoms with van der Waals surface area (Å²) in [5.74, 6) is -1.67. The number of carboxylic acid groups (broad SMARTS) is 1. The number of carbonyl (C=O) groups excluding carboxylic acids is 2. The molecule has 1 heterocycles. The number of H-pyrrole nitrogens is 1. The summed E-state index contributed by atoms with van der Waals surface area (Å²) >= 11 is 0. The van der Waals surface area contributed by atoms with Crippen LogP contribution in [0.15, 0.2) is 30.5 Å². The average molecular weight is 340 g/mol. The van der Waals surface area contributed by atoms with Gasteiger partial charge >= 0.3 is 29.6 Å². The Kier molecular flexibility index (Phi) is 16.7. The van der Waals surface area contributed by atoms with Crippen molar-refractivity contribution >= 4 is 22.8 Å². The first-order valence-corrected chi connectivity index (χ1v) is 5.61. The second-order valence-electron chi connectivity index (χ2n) is 4.14. The van der Waals surface area contributed by atoms with E-state index in [-0.39, 0.29) is 63.8 Å². The molecule has 23 heavy (non-hydrogen) atoms. The molecule has 0 bridgehead atoms. The molecule has 0 aliphatic carbocycles. The Morgan fingerprint density at radius 3 is 2.26 bits per heavy atom. The van der Waals surface area contributed by atoms with Gasteiger partial charge in [0.2, 0.25) is 5.91 Å². The number of fused-ring (bicyclic) bond motifs is 1. The van der Waals surface area contributed by atoms with E-state index in [0.29, 0.717) is 0 Å². The van der Waals surface area contributed by atoms with Gasteiger partial charge in [0, 0.05) is 30.4 Å². The molecular formula is C13H21N2NaO7. The number of nitrogens with one attached hydrogen (secondary N) is 2. The van der Waals surface area contributed by atoms with E-state index in [4.69, 9.17) is 0 Å². The van der Waals surface area contributed by atoms with Gasteiger partial charge < -0.3 is 42.1 Å². The number of carbonyl (C=O) groups is 2. The summed E-state index contributed by atoms with van der Waals surface area (Å²) in [6, 6.07) is 6.58. The molecule has 10 N–H and O–H groups in total. The number of benzene rings is 1. The first-order chi connectivity index (χ1) is 8.58. The number of rotatable bonds is 4. The van der Waals surface area contributed by atoms with Crippen molar-refractivity contribution in [1.82, 2.24) is 10.3 Å². The fraction of sp³-hybridized carbons (Fsp3) is 0.231. The Bertz CT molecular complexity index is 603. The van der Waals surface area contributed by atoms with Crippen molar-refractivity contribution in [3.63, 3.8) is 0 Å². The minimum absolute atomic E-state index is 0. The molecule has 0 fully saturated rings. The smallest absolute Gasteiger partial charge is 0.548 e. The quantitative estimate of drug-likeness (QED) is 0.520. The van der Waals surface area contributed by atoms with Crippen LogP contribution in [0.2, 0.25) is 0 Å². The molecule has 2 aromatic rings. The molecule has 9 nitrogen and oxygen atoms in total. The summed E-state index contributed by atoms with van der Waals surface area (Å²) in [5, 5.41) is 14.3. The largest absolute Gasteiger partial charge is 1.00 e. The second-order valence-corrected chi connectivity index (χ2v) is 4.14. The molecule has 0 radical (unpaired) electrons. The predicted molar refractivity (Wildman–Crippen MR) is 79.1 cm³/mol. The second kappa shape index (κ2) is 13.0. The summed E-state index contributed by atoms with van der Waals surface area (Å²) in [5.41, 5.74) is 1.78. The molecule has 10 heteroatoms. The van der Waals surface area contributed by atoms with Crippen molar-refractivity contribution in [2.45, 2.75) is 19.4 Å². The van der Waals surface area contributed by atoms with E-state index in [1.54, 1.807) is 6.20 Å². The molecule has 0 aliphatic rings. The predicted octanol–water partition coefficient (Wildman–Crippen LogP) is -6.33. The Morgan fingerprint density at radius 1 is 1.17 bits per heavy atom. The molecule has 126 valence electrons. The van der Waals surface area contributed by atoms with Crippen molar-refractivity contribution in [3.05, 3.63) is 36.0 Å². The normalized spacial score (nSPS) is 9.61. The van der Waals surface area contributed by atoms with E-state index in [9.17, 15) is 14.7 Å². The van der Waals surface area contributed by atoms with Crippen molar-refractivity contribution in [1.29, 1.82) is 0 Å². The minimum Gasteiger partial charge on any atom is -0.548 e. The van der Waals surface area contributed by atoms with Crippen LogP contribution in [0, 0.1) is 0 Å². The van der Waals surface area contributed by atoms with Crippen molar-refractivity contribution < 1.29 is 66.2 Å². The summed E-state index contributed by atoms with van der Waals surface area (Å²) in [6.45, 7) is 1.28. The Labute approximate surface area is 154 Å². The summed E-state index contributed by atoms with van der Waals surface area (Å²) < 4.78 is 0. The molecule has 1 atom stereocenters. The number of hydrogen-bond acceptors (Lipinski definition) is 3. The zero-order chi connectivity index (χ0) is 13.1. The van der Waals surface area contributed by atoms with Gasteiger partial charge in [-0.25, -0.2) is 0 Å². The number of para-hydroxylation sites is 1. The monoisotopic (exact) mass is 340 g/mol. The van der Waals surface area contributed by atoms with Gasteiger partial charge in [0.1, 0.15) is 0 Å². The van der Waals surface area contributed by atoms with Crippen LogP contribution in [-0.4, -0.2) is 44.8 Å². The Morgan fingerprint density at radius 2 is 1.74 bits per heavy atom. The maximum absolute atomic E-state index is 11.0. The summed E-state index contributed by atoms with van der Waals surface area (Å²) in [4.78, 5) is 25.0. The molecular weight excluding hydrogens is 319 g/mol. The Balaban J connectivity index is -0.000000361. The Hall–Kier alpha value is -1.46.